The van der Waals surface area contributed by atoms with Gasteiger partial charge in [0.15, 0.2) is 12.5 Å². The zero-order chi connectivity index (χ0) is 13.0. The molecule has 1 fully saturated rings. The molecule has 6 nitrogen and oxygen atoms in total. The number of benzene rings is 1. The molecule has 0 aliphatic heterocycles. The molecule has 18 heavy (non-hydrogen) atoms. The zero-order valence-corrected chi connectivity index (χ0v) is 9.67. The van der Waals surface area contributed by atoms with Gasteiger partial charge >= 0.3 is 5.69 Å². The molecule has 1 aliphatic carbocycles. The fourth-order valence-electron chi connectivity index (χ4n) is 1.46. The summed E-state index contributed by atoms with van der Waals surface area (Å²) in [5.41, 5.74) is 0.0111. The molecule has 0 atom stereocenters. The minimum atomic E-state index is -0.572. The first-order valence-corrected chi connectivity index (χ1v) is 5.60. The molecular weight excluding hydrogens is 236 g/mol. The maximum absolute atomic E-state index is 10.8. The van der Waals surface area contributed by atoms with E-state index >= 15 is 0 Å². The fraction of sp³-hybridized carbons (Fsp3) is 0.417. The normalized spacial score (nSPS) is 13.9. The number of ether oxygens (including phenoxy) is 2. The second-order valence-corrected chi connectivity index (χ2v) is 4.13. The van der Waals surface area contributed by atoms with Crippen molar-refractivity contribution < 1.29 is 14.4 Å². The van der Waals surface area contributed by atoms with Crippen LogP contribution in [0.5, 0.6) is 5.75 Å². The Morgan fingerprint density at radius 3 is 2.89 bits per heavy atom. The number of nitro benzene ring substituents is 1. The second kappa shape index (κ2) is 5.47. The van der Waals surface area contributed by atoms with Gasteiger partial charge in [0.05, 0.1) is 23.2 Å². The third kappa shape index (κ3) is 3.18. The van der Waals surface area contributed by atoms with Crippen LogP contribution in [0.15, 0.2) is 18.2 Å². The van der Waals surface area contributed by atoms with Crippen LogP contribution >= 0.6 is 0 Å². The third-order valence-corrected chi connectivity index (χ3v) is 2.63. The van der Waals surface area contributed by atoms with Gasteiger partial charge in [-0.1, -0.05) is 0 Å². The summed E-state index contributed by atoms with van der Waals surface area (Å²) in [6.07, 6.45) is 2.36. The van der Waals surface area contributed by atoms with Crippen LogP contribution in [-0.4, -0.2) is 18.3 Å². The molecule has 0 N–H and O–H groups in total. The van der Waals surface area contributed by atoms with Crippen molar-refractivity contribution in [3.05, 3.63) is 33.9 Å². The molecule has 6 heteroatoms. The minimum absolute atomic E-state index is 0.0107. The first kappa shape index (κ1) is 12.3. The number of hydrogen-bond donors (Lipinski definition) is 0. The maximum Gasteiger partial charge on any atom is 0.312 e. The van der Waals surface area contributed by atoms with E-state index in [-0.39, 0.29) is 23.8 Å². The molecule has 0 heterocycles. The fourth-order valence-corrected chi connectivity index (χ4v) is 1.46. The lowest BCUT2D eigenvalue weighted by Gasteiger charge is -2.07. The number of nitrogens with zero attached hydrogens (tertiary/aromatic N) is 2. The average Bonchev–Trinajstić information content (AvgIpc) is 3.18. The van der Waals surface area contributed by atoms with Crippen molar-refractivity contribution in [3.8, 4) is 11.8 Å². The predicted octanol–water partition coefficient (Wildman–Crippen LogP) is 2.23. The van der Waals surface area contributed by atoms with Crippen LogP contribution in [0.3, 0.4) is 0 Å². The van der Waals surface area contributed by atoms with Crippen molar-refractivity contribution >= 4 is 5.69 Å². The van der Waals surface area contributed by atoms with E-state index in [1.807, 2.05) is 6.07 Å². The van der Waals surface area contributed by atoms with Gasteiger partial charge in [0.25, 0.3) is 0 Å². The van der Waals surface area contributed by atoms with Crippen molar-refractivity contribution in [3.63, 3.8) is 0 Å². The van der Waals surface area contributed by atoms with Gasteiger partial charge in [-0.15, -0.1) is 0 Å². The molecular formula is C12H12N2O4. The van der Waals surface area contributed by atoms with Crippen molar-refractivity contribution in [1.29, 1.82) is 5.26 Å². The highest BCUT2D eigenvalue weighted by Gasteiger charge is 2.21. The van der Waals surface area contributed by atoms with E-state index < -0.39 is 4.92 Å². The molecule has 2 rings (SSSR count). The average molecular weight is 248 g/mol. The van der Waals surface area contributed by atoms with E-state index in [0.29, 0.717) is 12.5 Å². The van der Waals surface area contributed by atoms with Gasteiger partial charge in [-0.25, -0.2) is 0 Å². The molecule has 0 unspecified atom stereocenters. The first-order chi connectivity index (χ1) is 8.70. The largest absolute Gasteiger partial charge is 0.460 e. The topological polar surface area (TPSA) is 85.4 Å². The Hall–Kier alpha value is -2.13. The molecule has 1 aliphatic rings. The summed E-state index contributed by atoms with van der Waals surface area (Å²) >= 11 is 0. The summed E-state index contributed by atoms with van der Waals surface area (Å²) < 4.78 is 10.4. The summed E-state index contributed by atoms with van der Waals surface area (Å²) in [6.45, 7) is 0.618. The lowest BCUT2D eigenvalue weighted by molar-refractivity contribution is -0.386. The standard InChI is InChI=1S/C12H12N2O4/c13-6-10-3-4-12(11(5-10)14(15)16)18-8-17-7-9-1-2-9/h3-5,9H,1-2,7-8H2. The quantitative estimate of drug-likeness (QED) is 0.333. The van der Waals surface area contributed by atoms with Crippen LogP contribution in [0.2, 0.25) is 0 Å². The van der Waals surface area contributed by atoms with Crippen LogP contribution in [0.25, 0.3) is 0 Å². The van der Waals surface area contributed by atoms with Crippen LogP contribution in [0.4, 0.5) is 5.69 Å². The second-order valence-electron chi connectivity index (χ2n) is 4.13. The van der Waals surface area contributed by atoms with E-state index in [1.165, 1.54) is 31.0 Å². The highest BCUT2D eigenvalue weighted by atomic mass is 16.7. The Bertz CT molecular complexity index is 491. The Morgan fingerprint density at radius 2 is 2.28 bits per heavy atom. The van der Waals surface area contributed by atoms with E-state index in [1.54, 1.807) is 0 Å². The van der Waals surface area contributed by atoms with E-state index in [2.05, 4.69) is 0 Å². The molecule has 1 saturated carbocycles. The molecule has 0 saturated heterocycles. The van der Waals surface area contributed by atoms with Crippen LogP contribution < -0.4 is 4.74 Å². The molecule has 1 aromatic rings. The third-order valence-electron chi connectivity index (χ3n) is 2.63. The molecule has 0 amide bonds. The van der Waals surface area contributed by atoms with Crippen molar-refractivity contribution in [2.24, 2.45) is 5.92 Å². The highest BCUT2D eigenvalue weighted by molar-refractivity contribution is 5.51. The molecule has 0 spiro atoms. The van der Waals surface area contributed by atoms with Gasteiger partial charge in [-0.3, -0.25) is 10.1 Å². The molecule has 1 aromatic carbocycles. The summed E-state index contributed by atoms with van der Waals surface area (Å²) in [5.74, 6) is 0.736. The number of hydrogen-bond acceptors (Lipinski definition) is 5. The van der Waals surface area contributed by atoms with Crippen LogP contribution in [-0.2, 0) is 4.74 Å². The van der Waals surface area contributed by atoms with Gasteiger partial charge in [0, 0.05) is 6.07 Å². The predicted molar refractivity (Wildman–Crippen MR) is 62.0 cm³/mol. The van der Waals surface area contributed by atoms with Gasteiger partial charge in [0.2, 0.25) is 0 Å². The monoisotopic (exact) mass is 248 g/mol. The van der Waals surface area contributed by atoms with Crippen LogP contribution in [0, 0.1) is 27.4 Å². The van der Waals surface area contributed by atoms with Crippen LogP contribution in [0.1, 0.15) is 18.4 Å². The highest BCUT2D eigenvalue weighted by Crippen LogP contribution is 2.30. The van der Waals surface area contributed by atoms with E-state index in [0.717, 1.165) is 0 Å². The Labute approximate surface area is 104 Å². The SMILES string of the molecule is N#Cc1ccc(OCOCC2CC2)c([N+](=O)[O-])c1. The summed E-state index contributed by atoms with van der Waals surface area (Å²) in [7, 11) is 0. The van der Waals surface area contributed by atoms with Gasteiger partial charge in [0.1, 0.15) is 0 Å². The summed E-state index contributed by atoms with van der Waals surface area (Å²) in [6, 6.07) is 5.93. The first-order valence-electron chi connectivity index (χ1n) is 5.60. The Morgan fingerprint density at radius 1 is 1.50 bits per heavy atom. The summed E-state index contributed by atoms with van der Waals surface area (Å²) in [4.78, 5) is 10.2. The maximum atomic E-state index is 10.8. The van der Waals surface area contributed by atoms with Crippen molar-refractivity contribution in [2.75, 3.05) is 13.4 Å². The smallest absolute Gasteiger partial charge is 0.312 e. The summed E-state index contributed by atoms with van der Waals surface area (Å²) in [5, 5.41) is 19.5. The number of rotatable bonds is 6. The van der Waals surface area contributed by atoms with Gasteiger partial charge in [-0.2, -0.15) is 5.26 Å². The van der Waals surface area contributed by atoms with E-state index in [4.69, 9.17) is 14.7 Å². The number of nitro groups is 1. The van der Waals surface area contributed by atoms with Crippen molar-refractivity contribution in [2.45, 2.75) is 12.8 Å². The molecule has 0 radical (unpaired) electrons. The Balaban J connectivity index is 1.97. The van der Waals surface area contributed by atoms with Gasteiger partial charge < -0.3 is 9.47 Å². The van der Waals surface area contributed by atoms with Crippen molar-refractivity contribution in [1.82, 2.24) is 0 Å². The Kier molecular flexibility index (Phi) is 3.75. The molecule has 0 bridgehead atoms. The molecule has 94 valence electrons. The lowest BCUT2D eigenvalue weighted by atomic mass is 10.2. The zero-order valence-electron chi connectivity index (χ0n) is 9.67. The molecule has 0 aromatic heterocycles. The minimum Gasteiger partial charge on any atom is -0.460 e. The lowest BCUT2D eigenvalue weighted by Crippen LogP contribution is -2.06. The van der Waals surface area contributed by atoms with E-state index in [9.17, 15) is 10.1 Å². The number of nitriles is 1. The van der Waals surface area contributed by atoms with Gasteiger partial charge in [-0.05, 0) is 30.9 Å².